The van der Waals surface area contributed by atoms with Gasteiger partial charge < -0.3 is 0 Å². The number of hydrogen-bond acceptors (Lipinski definition) is 2. The first-order valence-electron chi connectivity index (χ1n) is 4.62. The summed E-state index contributed by atoms with van der Waals surface area (Å²) < 4.78 is 28.5. The van der Waals surface area contributed by atoms with Gasteiger partial charge in [-0.2, -0.15) is 0 Å². The van der Waals surface area contributed by atoms with Crippen molar-refractivity contribution in [1.29, 1.82) is 0 Å². The van der Waals surface area contributed by atoms with Crippen molar-refractivity contribution in [3.05, 3.63) is 46.0 Å². The SMILES string of the molecule is Cn1[nH]c(Cc2c(F)cccc2F)nc1=S. The second-order valence-corrected chi connectivity index (χ2v) is 3.75. The highest BCUT2D eigenvalue weighted by Gasteiger charge is 2.11. The Balaban J connectivity index is 2.37. The number of aryl methyl sites for hydroxylation is 1. The molecule has 0 saturated heterocycles. The molecule has 0 aliphatic rings. The Morgan fingerprint density at radius 2 is 2.00 bits per heavy atom. The van der Waals surface area contributed by atoms with E-state index in [1.165, 1.54) is 22.9 Å². The molecule has 0 unspecified atom stereocenters. The van der Waals surface area contributed by atoms with E-state index < -0.39 is 11.6 Å². The Kier molecular flexibility index (Phi) is 2.82. The van der Waals surface area contributed by atoms with Gasteiger partial charge in [-0.25, -0.2) is 13.8 Å². The van der Waals surface area contributed by atoms with E-state index in [0.29, 0.717) is 10.6 Å². The quantitative estimate of drug-likeness (QED) is 0.819. The largest absolute Gasteiger partial charge is 0.283 e. The Morgan fingerprint density at radius 3 is 2.50 bits per heavy atom. The molecule has 1 heterocycles. The van der Waals surface area contributed by atoms with Crippen LogP contribution >= 0.6 is 12.2 Å². The second-order valence-electron chi connectivity index (χ2n) is 3.39. The van der Waals surface area contributed by atoms with Crippen LogP contribution in [0.4, 0.5) is 8.78 Å². The second kappa shape index (κ2) is 4.13. The number of hydrogen-bond donors (Lipinski definition) is 1. The molecule has 1 aromatic heterocycles. The van der Waals surface area contributed by atoms with Gasteiger partial charge in [0.25, 0.3) is 0 Å². The summed E-state index contributed by atoms with van der Waals surface area (Å²) in [6.07, 6.45) is 0.0585. The summed E-state index contributed by atoms with van der Waals surface area (Å²) in [5.74, 6) is -0.716. The third kappa shape index (κ3) is 2.01. The normalized spacial score (nSPS) is 10.7. The van der Waals surface area contributed by atoms with Gasteiger partial charge in [-0.3, -0.25) is 9.78 Å². The maximum Gasteiger partial charge on any atom is 0.215 e. The molecule has 0 fully saturated rings. The van der Waals surface area contributed by atoms with Crippen LogP contribution in [-0.4, -0.2) is 14.8 Å². The molecule has 84 valence electrons. The summed E-state index contributed by atoms with van der Waals surface area (Å²) in [5, 5.41) is 2.82. The van der Waals surface area contributed by atoms with Crippen molar-refractivity contribution < 1.29 is 8.78 Å². The van der Waals surface area contributed by atoms with Crippen LogP contribution in [0.1, 0.15) is 11.4 Å². The molecule has 6 heteroatoms. The molecule has 0 aliphatic heterocycles. The summed E-state index contributed by atoms with van der Waals surface area (Å²) in [4.78, 5) is 3.98. The van der Waals surface area contributed by atoms with Gasteiger partial charge in [0.05, 0.1) is 0 Å². The number of nitrogens with one attached hydrogen (secondary N) is 1. The Bertz CT molecular complexity index is 553. The highest BCUT2D eigenvalue weighted by molar-refractivity contribution is 7.71. The van der Waals surface area contributed by atoms with Crippen LogP contribution < -0.4 is 0 Å². The molecule has 1 aromatic carbocycles. The molecular weight excluding hydrogens is 232 g/mol. The van der Waals surface area contributed by atoms with Crippen LogP contribution in [0, 0.1) is 16.4 Å². The number of rotatable bonds is 2. The predicted molar refractivity (Wildman–Crippen MR) is 57.6 cm³/mol. The topological polar surface area (TPSA) is 33.6 Å². The zero-order chi connectivity index (χ0) is 11.7. The van der Waals surface area contributed by atoms with Crippen LogP contribution in [0.3, 0.4) is 0 Å². The van der Waals surface area contributed by atoms with Gasteiger partial charge in [-0.05, 0) is 24.4 Å². The number of aromatic amines is 1. The van der Waals surface area contributed by atoms with E-state index >= 15 is 0 Å². The molecule has 0 saturated carbocycles. The molecule has 0 aliphatic carbocycles. The van der Waals surface area contributed by atoms with Gasteiger partial charge in [0.2, 0.25) is 4.77 Å². The van der Waals surface area contributed by atoms with Crippen molar-refractivity contribution in [3.8, 4) is 0 Å². The van der Waals surface area contributed by atoms with Gasteiger partial charge in [0.1, 0.15) is 17.5 Å². The van der Waals surface area contributed by atoms with Crippen molar-refractivity contribution in [2.75, 3.05) is 0 Å². The van der Waals surface area contributed by atoms with E-state index in [1.54, 1.807) is 7.05 Å². The van der Waals surface area contributed by atoms with Crippen molar-refractivity contribution in [3.63, 3.8) is 0 Å². The lowest BCUT2D eigenvalue weighted by Gasteiger charge is -2.01. The Morgan fingerprint density at radius 1 is 1.38 bits per heavy atom. The first-order valence-corrected chi connectivity index (χ1v) is 5.03. The van der Waals surface area contributed by atoms with Gasteiger partial charge in [-0.15, -0.1) is 0 Å². The van der Waals surface area contributed by atoms with Gasteiger partial charge in [0, 0.05) is 19.0 Å². The van der Waals surface area contributed by atoms with Crippen LogP contribution in [0.2, 0.25) is 0 Å². The van der Waals surface area contributed by atoms with E-state index in [0.717, 1.165) is 0 Å². The Labute approximate surface area is 95.7 Å². The fourth-order valence-corrected chi connectivity index (χ4v) is 1.56. The molecule has 0 radical (unpaired) electrons. The number of benzene rings is 1. The summed E-state index contributed by atoms with van der Waals surface area (Å²) in [6.45, 7) is 0. The monoisotopic (exact) mass is 241 g/mol. The zero-order valence-electron chi connectivity index (χ0n) is 8.50. The number of H-pyrrole nitrogens is 1. The van der Waals surface area contributed by atoms with E-state index in [-0.39, 0.29) is 12.0 Å². The lowest BCUT2D eigenvalue weighted by Crippen LogP contribution is -1.99. The lowest BCUT2D eigenvalue weighted by atomic mass is 10.1. The van der Waals surface area contributed by atoms with Crippen LogP contribution in [0.25, 0.3) is 0 Å². The third-order valence-electron chi connectivity index (χ3n) is 2.22. The number of halogens is 2. The molecule has 0 spiro atoms. The average molecular weight is 241 g/mol. The van der Waals surface area contributed by atoms with Crippen molar-refractivity contribution in [2.45, 2.75) is 6.42 Å². The predicted octanol–water partition coefficient (Wildman–Crippen LogP) is 2.35. The van der Waals surface area contributed by atoms with Crippen LogP contribution in [0.5, 0.6) is 0 Å². The maximum atomic E-state index is 13.3. The number of nitrogens with zero attached hydrogens (tertiary/aromatic N) is 2. The van der Waals surface area contributed by atoms with E-state index in [4.69, 9.17) is 12.2 Å². The molecular formula is C10H9F2N3S. The first-order chi connectivity index (χ1) is 7.58. The maximum absolute atomic E-state index is 13.3. The van der Waals surface area contributed by atoms with Gasteiger partial charge in [-0.1, -0.05) is 6.07 Å². The number of aromatic nitrogens is 3. The standard InChI is InChI=1S/C10H9F2N3S/c1-15-10(16)13-9(14-15)5-6-7(11)3-2-4-8(6)12/h2-4H,5H2,1H3,(H,13,14,16). The molecule has 1 N–H and O–H groups in total. The summed E-state index contributed by atoms with van der Waals surface area (Å²) >= 11 is 4.89. The van der Waals surface area contributed by atoms with Gasteiger partial charge >= 0.3 is 0 Å². The van der Waals surface area contributed by atoms with Crippen molar-refractivity contribution >= 4 is 12.2 Å². The van der Waals surface area contributed by atoms with Gasteiger partial charge in [0.15, 0.2) is 0 Å². The van der Waals surface area contributed by atoms with Crippen molar-refractivity contribution in [2.24, 2.45) is 7.05 Å². The zero-order valence-corrected chi connectivity index (χ0v) is 9.31. The highest BCUT2D eigenvalue weighted by Crippen LogP contribution is 2.14. The fraction of sp³-hybridized carbons (Fsp3) is 0.200. The molecule has 0 atom stereocenters. The molecule has 3 nitrogen and oxygen atoms in total. The molecule has 2 aromatic rings. The minimum atomic E-state index is -0.579. The lowest BCUT2D eigenvalue weighted by molar-refractivity contribution is 0.558. The van der Waals surface area contributed by atoms with Crippen LogP contribution in [0.15, 0.2) is 18.2 Å². The molecule has 0 amide bonds. The van der Waals surface area contributed by atoms with Crippen molar-refractivity contribution in [1.82, 2.24) is 14.8 Å². The first kappa shape index (κ1) is 10.9. The minimum absolute atomic E-state index is 0.00755. The fourth-order valence-electron chi connectivity index (χ4n) is 1.40. The molecule has 2 rings (SSSR count). The highest BCUT2D eigenvalue weighted by atomic mass is 32.1. The summed E-state index contributed by atoms with van der Waals surface area (Å²) in [5.41, 5.74) is -0.00755. The van der Waals surface area contributed by atoms with E-state index in [1.807, 2.05) is 0 Å². The third-order valence-corrected chi connectivity index (χ3v) is 2.59. The summed E-state index contributed by atoms with van der Waals surface area (Å²) in [6, 6.07) is 3.76. The van der Waals surface area contributed by atoms with E-state index in [2.05, 4.69) is 10.1 Å². The van der Waals surface area contributed by atoms with E-state index in [9.17, 15) is 8.78 Å². The molecule has 0 bridgehead atoms. The van der Waals surface area contributed by atoms with Crippen LogP contribution in [-0.2, 0) is 13.5 Å². The Hall–Kier alpha value is -1.56. The smallest absolute Gasteiger partial charge is 0.215 e. The summed E-state index contributed by atoms with van der Waals surface area (Å²) in [7, 11) is 1.69. The molecule has 16 heavy (non-hydrogen) atoms. The minimum Gasteiger partial charge on any atom is -0.283 e. The average Bonchev–Trinajstić information content (AvgIpc) is 2.53.